The highest BCUT2D eigenvalue weighted by Gasteiger charge is 2.13. The van der Waals surface area contributed by atoms with Crippen LogP contribution < -0.4 is 25.3 Å². The van der Waals surface area contributed by atoms with Crippen LogP contribution in [0, 0.1) is 0 Å². The maximum Gasteiger partial charge on any atom is 0.231 e. The Morgan fingerprint density at radius 3 is 3.00 bits per heavy atom. The van der Waals surface area contributed by atoms with Gasteiger partial charge >= 0.3 is 0 Å². The van der Waals surface area contributed by atoms with Crippen molar-refractivity contribution in [2.24, 2.45) is 10.7 Å². The molecule has 0 aromatic heterocycles. The standard InChI is InChI=1S/C16H25N3O3/c1-2-3-4-5-8-18-16(17)19-9-10-20-13-6-7-14-15(11-13)22-12-21-14/h6-7,11H,2-5,8-10,12H2,1H3,(H3,17,18,19). The summed E-state index contributed by atoms with van der Waals surface area (Å²) < 4.78 is 16.2. The van der Waals surface area contributed by atoms with E-state index in [0.717, 1.165) is 30.2 Å². The summed E-state index contributed by atoms with van der Waals surface area (Å²) in [5.41, 5.74) is 5.79. The quantitative estimate of drug-likeness (QED) is 0.416. The summed E-state index contributed by atoms with van der Waals surface area (Å²) >= 11 is 0. The van der Waals surface area contributed by atoms with Crippen LogP contribution in [-0.4, -0.2) is 32.4 Å². The summed E-state index contributed by atoms with van der Waals surface area (Å²) in [6.45, 7) is 4.36. The monoisotopic (exact) mass is 307 g/mol. The number of fused-ring (bicyclic) bond motifs is 1. The Kier molecular flexibility index (Phi) is 6.67. The van der Waals surface area contributed by atoms with Crippen molar-refractivity contribution in [1.82, 2.24) is 5.32 Å². The minimum absolute atomic E-state index is 0.269. The second kappa shape index (κ2) is 9.02. The van der Waals surface area contributed by atoms with Crippen LogP contribution in [0.4, 0.5) is 0 Å². The number of aliphatic imine (C=N–C) groups is 1. The zero-order valence-corrected chi connectivity index (χ0v) is 13.1. The molecule has 1 aliphatic heterocycles. The van der Waals surface area contributed by atoms with Gasteiger partial charge < -0.3 is 25.3 Å². The highest BCUT2D eigenvalue weighted by molar-refractivity contribution is 5.77. The van der Waals surface area contributed by atoms with Crippen LogP contribution in [-0.2, 0) is 0 Å². The van der Waals surface area contributed by atoms with Crippen molar-refractivity contribution in [3.8, 4) is 17.2 Å². The molecule has 0 saturated heterocycles. The molecule has 22 heavy (non-hydrogen) atoms. The molecule has 0 radical (unpaired) electrons. The lowest BCUT2D eigenvalue weighted by molar-refractivity contribution is 0.173. The molecule has 1 aromatic carbocycles. The summed E-state index contributed by atoms with van der Waals surface area (Å²) in [6, 6.07) is 5.53. The molecular formula is C16H25N3O3. The first-order chi connectivity index (χ1) is 10.8. The van der Waals surface area contributed by atoms with E-state index in [1.165, 1.54) is 19.3 Å². The second-order valence-electron chi connectivity index (χ2n) is 5.12. The van der Waals surface area contributed by atoms with Crippen molar-refractivity contribution in [3.05, 3.63) is 18.2 Å². The number of guanidine groups is 1. The molecule has 122 valence electrons. The summed E-state index contributed by atoms with van der Waals surface area (Å²) in [4.78, 5) is 4.28. The number of nitrogens with zero attached hydrogens (tertiary/aromatic N) is 1. The first-order valence-corrected chi connectivity index (χ1v) is 7.86. The number of rotatable bonds is 9. The summed E-state index contributed by atoms with van der Waals surface area (Å²) in [7, 11) is 0. The predicted molar refractivity (Wildman–Crippen MR) is 86.7 cm³/mol. The topological polar surface area (TPSA) is 78.1 Å². The van der Waals surface area contributed by atoms with E-state index in [4.69, 9.17) is 19.9 Å². The number of benzene rings is 1. The molecule has 0 aliphatic carbocycles. The lowest BCUT2D eigenvalue weighted by atomic mass is 10.2. The van der Waals surface area contributed by atoms with Crippen LogP contribution in [0.3, 0.4) is 0 Å². The fraction of sp³-hybridized carbons (Fsp3) is 0.562. The second-order valence-corrected chi connectivity index (χ2v) is 5.12. The molecule has 1 aromatic rings. The van der Waals surface area contributed by atoms with Crippen molar-refractivity contribution in [1.29, 1.82) is 0 Å². The molecule has 0 unspecified atom stereocenters. The van der Waals surface area contributed by atoms with Gasteiger partial charge in [0.1, 0.15) is 12.4 Å². The Hall–Kier alpha value is -2.11. The smallest absolute Gasteiger partial charge is 0.231 e. The van der Waals surface area contributed by atoms with E-state index in [9.17, 15) is 0 Å². The normalized spacial score (nSPS) is 13.2. The Labute approximate surface area is 131 Å². The average Bonchev–Trinajstić information content (AvgIpc) is 2.99. The van der Waals surface area contributed by atoms with Crippen LogP contribution in [0.25, 0.3) is 0 Å². The van der Waals surface area contributed by atoms with E-state index in [-0.39, 0.29) is 6.79 Å². The molecule has 1 aliphatic rings. The van der Waals surface area contributed by atoms with Crippen molar-refractivity contribution in [2.45, 2.75) is 32.6 Å². The van der Waals surface area contributed by atoms with Crippen LogP contribution in [0.5, 0.6) is 17.2 Å². The largest absolute Gasteiger partial charge is 0.492 e. The third-order valence-electron chi connectivity index (χ3n) is 3.31. The van der Waals surface area contributed by atoms with E-state index in [1.54, 1.807) is 0 Å². The third-order valence-corrected chi connectivity index (χ3v) is 3.31. The molecule has 6 nitrogen and oxygen atoms in total. The number of unbranched alkanes of at least 4 members (excludes halogenated alkanes) is 3. The van der Waals surface area contributed by atoms with Gasteiger partial charge in [-0.15, -0.1) is 0 Å². The number of hydrogen-bond donors (Lipinski definition) is 2. The van der Waals surface area contributed by atoms with Gasteiger partial charge in [0.2, 0.25) is 6.79 Å². The van der Waals surface area contributed by atoms with Crippen molar-refractivity contribution in [3.63, 3.8) is 0 Å². The summed E-state index contributed by atoms with van der Waals surface area (Å²) in [5.74, 6) is 2.70. The van der Waals surface area contributed by atoms with Gasteiger partial charge in [-0.25, -0.2) is 0 Å². The predicted octanol–water partition coefficient (Wildman–Crippen LogP) is 2.28. The minimum atomic E-state index is 0.269. The number of hydrogen-bond acceptors (Lipinski definition) is 4. The molecule has 1 heterocycles. The Balaban J connectivity index is 1.59. The molecule has 3 N–H and O–H groups in total. The van der Waals surface area contributed by atoms with Gasteiger partial charge in [0, 0.05) is 12.6 Å². The van der Waals surface area contributed by atoms with Gasteiger partial charge in [-0.05, 0) is 18.6 Å². The fourth-order valence-electron chi connectivity index (χ4n) is 2.11. The third kappa shape index (κ3) is 5.35. The highest BCUT2D eigenvalue weighted by atomic mass is 16.7. The van der Waals surface area contributed by atoms with Gasteiger partial charge in [-0.3, -0.25) is 4.99 Å². The van der Waals surface area contributed by atoms with E-state index in [2.05, 4.69) is 17.2 Å². The van der Waals surface area contributed by atoms with E-state index in [0.29, 0.717) is 19.1 Å². The van der Waals surface area contributed by atoms with Crippen molar-refractivity contribution in [2.75, 3.05) is 26.5 Å². The Morgan fingerprint density at radius 2 is 2.14 bits per heavy atom. The summed E-state index contributed by atoms with van der Waals surface area (Å²) in [5, 5.41) is 3.04. The SMILES string of the molecule is CCCCCCN=C(N)NCCOc1ccc2c(c1)OCO2. The maximum absolute atomic E-state index is 5.79. The van der Waals surface area contributed by atoms with Crippen molar-refractivity contribution < 1.29 is 14.2 Å². The molecular weight excluding hydrogens is 282 g/mol. The van der Waals surface area contributed by atoms with Gasteiger partial charge in [0.25, 0.3) is 0 Å². The first-order valence-electron chi connectivity index (χ1n) is 7.86. The molecule has 0 saturated carbocycles. The molecule has 0 spiro atoms. The van der Waals surface area contributed by atoms with E-state index < -0.39 is 0 Å². The lowest BCUT2D eigenvalue weighted by Crippen LogP contribution is -2.34. The van der Waals surface area contributed by atoms with Gasteiger partial charge in [-0.2, -0.15) is 0 Å². The molecule has 0 atom stereocenters. The molecule has 0 amide bonds. The van der Waals surface area contributed by atoms with Gasteiger partial charge in [-0.1, -0.05) is 26.2 Å². The van der Waals surface area contributed by atoms with Crippen LogP contribution in [0.1, 0.15) is 32.6 Å². The average molecular weight is 307 g/mol. The first kappa shape index (κ1) is 16.3. The maximum atomic E-state index is 5.79. The van der Waals surface area contributed by atoms with E-state index >= 15 is 0 Å². The van der Waals surface area contributed by atoms with Crippen molar-refractivity contribution >= 4 is 5.96 Å². The zero-order chi connectivity index (χ0) is 15.6. The lowest BCUT2D eigenvalue weighted by Gasteiger charge is -2.08. The van der Waals surface area contributed by atoms with Crippen LogP contribution >= 0.6 is 0 Å². The molecule has 0 fully saturated rings. The summed E-state index contributed by atoms with van der Waals surface area (Å²) in [6.07, 6.45) is 4.78. The Morgan fingerprint density at radius 1 is 1.27 bits per heavy atom. The Bertz CT molecular complexity index is 492. The number of nitrogens with two attached hydrogens (primary N) is 1. The number of nitrogens with one attached hydrogen (secondary N) is 1. The van der Waals surface area contributed by atoms with Gasteiger partial charge in [0.05, 0.1) is 6.54 Å². The number of ether oxygens (including phenoxy) is 3. The molecule has 0 bridgehead atoms. The minimum Gasteiger partial charge on any atom is -0.492 e. The fourth-order valence-corrected chi connectivity index (χ4v) is 2.11. The van der Waals surface area contributed by atoms with E-state index in [1.807, 2.05) is 18.2 Å². The highest BCUT2D eigenvalue weighted by Crippen LogP contribution is 2.34. The van der Waals surface area contributed by atoms with Crippen LogP contribution in [0.2, 0.25) is 0 Å². The zero-order valence-electron chi connectivity index (χ0n) is 13.1. The molecule has 6 heteroatoms. The van der Waals surface area contributed by atoms with Crippen LogP contribution in [0.15, 0.2) is 23.2 Å². The van der Waals surface area contributed by atoms with Gasteiger partial charge in [0.15, 0.2) is 17.5 Å². The molecule has 2 rings (SSSR count).